The second kappa shape index (κ2) is 5.92. The van der Waals surface area contributed by atoms with E-state index in [1.165, 1.54) is 12.1 Å². The van der Waals surface area contributed by atoms with E-state index in [9.17, 15) is 10.1 Å². The molecule has 6 nitrogen and oxygen atoms in total. The fourth-order valence-electron chi connectivity index (χ4n) is 1.24. The van der Waals surface area contributed by atoms with Gasteiger partial charge < -0.3 is 15.2 Å². The Morgan fingerprint density at radius 1 is 1.38 bits per heavy atom. The van der Waals surface area contributed by atoms with Gasteiger partial charge >= 0.3 is 5.69 Å². The second-order valence-corrected chi connectivity index (χ2v) is 2.93. The number of rotatable bonds is 6. The number of para-hydroxylation sites is 1. The Kier molecular flexibility index (Phi) is 4.53. The van der Waals surface area contributed by atoms with E-state index in [-0.39, 0.29) is 23.8 Å². The summed E-state index contributed by atoms with van der Waals surface area (Å²) in [5.41, 5.74) is 5.12. The van der Waals surface area contributed by atoms with Crippen molar-refractivity contribution in [1.29, 1.82) is 0 Å². The fourth-order valence-corrected chi connectivity index (χ4v) is 1.24. The molecule has 0 spiro atoms. The Balaban J connectivity index is 3.05. The molecule has 0 aliphatic carbocycles. The minimum atomic E-state index is -0.517. The normalized spacial score (nSPS) is 9.88. The molecule has 0 aliphatic rings. The molecular weight excluding hydrogens is 212 g/mol. The van der Waals surface area contributed by atoms with Crippen molar-refractivity contribution in [1.82, 2.24) is 0 Å². The number of hydrogen-bond donors (Lipinski definition) is 1. The van der Waals surface area contributed by atoms with E-state index in [0.717, 1.165) is 0 Å². The van der Waals surface area contributed by atoms with Crippen LogP contribution in [0, 0.1) is 10.1 Å². The van der Waals surface area contributed by atoms with Gasteiger partial charge in [0.1, 0.15) is 6.61 Å². The molecule has 0 heterocycles. The Morgan fingerprint density at radius 3 is 2.50 bits per heavy atom. The number of benzene rings is 1. The molecule has 88 valence electrons. The van der Waals surface area contributed by atoms with Crippen molar-refractivity contribution in [2.75, 3.05) is 19.8 Å². The molecule has 0 radical (unpaired) electrons. The van der Waals surface area contributed by atoms with Gasteiger partial charge in [-0.05, 0) is 19.1 Å². The molecule has 0 unspecified atom stereocenters. The van der Waals surface area contributed by atoms with E-state index in [1.54, 1.807) is 13.0 Å². The number of nitro groups is 1. The smallest absolute Gasteiger partial charge is 0.352 e. The van der Waals surface area contributed by atoms with Crippen LogP contribution in [0.15, 0.2) is 18.2 Å². The summed E-state index contributed by atoms with van der Waals surface area (Å²) in [5, 5.41) is 10.9. The van der Waals surface area contributed by atoms with Crippen LogP contribution in [0.2, 0.25) is 0 Å². The topological polar surface area (TPSA) is 87.6 Å². The summed E-state index contributed by atoms with van der Waals surface area (Å²) in [5.74, 6) is 0.392. The predicted octanol–water partition coefficient (Wildman–Crippen LogP) is 1.33. The zero-order valence-electron chi connectivity index (χ0n) is 9.01. The van der Waals surface area contributed by atoms with Crippen molar-refractivity contribution in [3.05, 3.63) is 28.3 Å². The maximum atomic E-state index is 10.9. The lowest BCUT2D eigenvalue weighted by atomic mass is 10.2. The lowest BCUT2D eigenvalue weighted by Crippen LogP contribution is -2.11. The molecule has 2 N–H and O–H groups in total. The molecule has 0 saturated carbocycles. The lowest BCUT2D eigenvalue weighted by molar-refractivity contribution is -0.386. The van der Waals surface area contributed by atoms with E-state index >= 15 is 0 Å². The first-order valence-corrected chi connectivity index (χ1v) is 4.93. The molecule has 0 aromatic heterocycles. The second-order valence-electron chi connectivity index (χ2n) is 2.93. The average Bonchev–Trinajstić information content (AvgIpc) is 2.26. The minimum absolute atomic E-state index is 0.155. The van der Waals surface area contributed by atoms with Crippen LogP contribution in [-0.2, 0) is 0 Å². The molecule has 6 heteroatoms. The molecule has 0 amide bonds. The van der Waals surface area contributed by atoms with Crippen molar-refractivity contribution in [2.24, 2.45) is 5.73 Å². The van der Waals surface area contributed by atoms with Gasteiger partial charge in [0, 0.05) is 6.54 Å². The van der Waals surface area contributed by atoms with E-state index in [1.807, 2.05) is 0 Å². The zero-order valence-corrected chi connectivity index (χ0v) is 9.01. The number of hydrogen-bond acceptors (Lipinski definition) is 5. The van der Waals surface area contributed by atoms with Gasteiger partial charge in [-0.2, -0.15) is 0 Å². The Hall–Kier alpha value is -1.82. The fraction of sp³-hybridized carbons (Fsp3) is 0.400. The minimum Gasteiger partial charge on any atom is -0.487 e. The van der Waals surface area contributed by atoms with Crippen molar-refractivity contribution in [2.45, 2.75) is 6.92 Å². The maximum absolute atomic E-state index is 10.9. The van der Waals surface area contributed by atoms with Crippen molar-refractivity contribution in [3.8, 4) is 11.5 Å². The summed E-state index contributed by atoms with van der Waals surface area (Å²) in [6, 6.07) is 4.71. The third-order valence-corrected chi connectivity index (χ3v) is 1.82. The highest BCUT2D eigenvalue weighted by Crippen LogP contribution is 2.36. The van der Waals surface area contributed by atoms with Crippen LogP contribution >= 0.6 is 0 Å². The van der Waals surface area contributed by atoms with Gasteiger partial charge in [-0.1, -0.05) is 6.07 Å². The molecule has 0 fully saturated rings. The Morgan fingerprint density at radius 2 is 2.00 bits per heavy atom. The highest BCUT2D eigenvalue weighted by molar-refractivity contribution is 5.57. The zero-order chi connectivity index (χ0) is 12.0. The Bertz CT molecular complexity index is 368. The summed E-state index contributed by atoms with van der Waals surface area (Å²) in [6.07, 6.45) is 0. The van der Waals surface area contributed by atoms with Crippen LogP contribution in [-0.4, -0.2) is 24.7 Å². The first-order valence-electron chi connectivity index (χ1n) is 4.93. The first-order chi connectivity index (χ1) is 7.70. The molecule has 1 aromatic rings. The standard InChI is InChI=1S/C10H14N2O4/c1-2-15-8-4-3-5-9(16-7-6-11)10(8)12(13)14/h3-5H,2,6-7,11H2,1H3. The van der Waals surface area contributed by atoms with Crippen LogP contribution in [0.4, 0.5) is 5.69 Å². The number of nitrogens with zero attached hydrogens (tertiary/aromatic N) is 1. The highest BCUT2D eigenvalue weighted by atomic mass is 16.6. The van der Waals surface area contributed by atoms with E-state index < -0.39 is 4.92 Å². The van der Waals surface area contributed by atoms with E-state index in [2.05, 4.69) is 0 Å². The predicted molar refractivity (Wildman–Crippen MR) is 58.8 cm³/mol. The lowest BCUT2D eigenvalue weighted by Gasteiger charge is -2.08. The van der Waals surface area contributed by atoms with Crippen molar-refractivity contribution >= 4 is 5.69 Å². The highest BCUT2D eigenvalue weighted by Gasteiger charge is 2.21. The third kappa shape index (κ3) is 2.83. The Labute approximate surface area is 93.1 Å². The monoisotopic (exact) mass is 226 g/mol. The summed E-state index contributed by atoms with van der Waals surface area (Å²) in [7, 11) is 0. The molecule has 0 saturated heterocycles. The van der Waals surface area contributed by atoms with Crippen LogP contribution in [0.3, 0.4) is 0 Å². The van der Waals surface area contributed by atoms with Gasteiger partial charge in [-0.3, -0.25) is 10.1 Å². The molecule has 0 atom stereocenters. The van der Waals surface area contributed by atoms with Gasteiger partial charge in [0.2, 0.25) is 11.5 Å². The average molecular weight is 226 g/mol. The number of nitrogens with two attached hydrogens (primary N) is 1. The van der Waals surface area contributed by atoms with Crippen molar-refractivity contribution < 1.29 is 14.4 Å². The number of nitro benzene ring substituents is 1. The van der Waals surface area contributed by atoms with E-state index in [4.69, 9.17) is 15.2 Å². The SMILES string of the molecule is CCOc1cccc(OCCN)c1[N+](=O)[O-]. The van der Waals surface area contributed by atoms with Crippen LogP contribution in [0.5, 0.6) is 11.5 Å². The summed E-state index contributed by atoms with van der Waals surface area (Å²) >= 11 is 0. The molecule has 1 aromatic carbocycles. The van der Waals surface area contributed by atoms with Crippen LogP contribution < -0.4 is 15.2 Å². The van der Waals surface area contributed by atoms with Gasteiger partial charge in [0.25, 0.3) is 0 Å². The van der Waals surface area contributed by atoms with Crippen LogP contribution in [0.25, 0.3) is 0 Å². The number of ether oxygens (including phenoxy) is 2. The molecule has 16 heavy (non-hydrogen) atoms. The maximum Gasteiger partial charge on any atom is 0.352 e. The van der Waals surface area contributed by atoms with Gasteiger partial charge in [-0.25, -0.2) is 0 Å². The van der Waals surface area contributed by atoms with Crippen LogP contribution in [0.1, 0.15) is 6.92 Å². The van der Waals surface area contributed by atoms with E-state index in [0.29, 0.717) is 13.2 Å². The molecule has 0 aliphatic heterocycles. The van der Waals surface area contributed by atoms with Crippen molar-refractivity contribution in [3.63, 3.8) is 0 Å². The van der Waals surface area contributed by atoms with Gasteiger partial charge in [-0.15, -0.1) is 0 Å². The summed E-state index contributed by atoms with van der Waals surface area (Å²) in [4.78, 5) is 10.4. The third-order valence-electron chi connectivity index (χ3n) is 1.82. The molecular formula is C10H14N2O4. The first kappa shape index (κ1) is 12.3. The summed E-state index contributed by atoms with van der Waals surface area (Å²) < 4.78 is 10.4. The summed E-state index contributed by atoms with van der Waals surface area (Å²) in [6.45, 7) is 2.66. The molecule has 0 bridgehead atoms. The quantitative estimate of drug-likeness (QED) is 0.584. The largest absolute Gasteiger partial charge is 0.487 e. The van der Waals surface area contributed by atoms with Gasteiger partial charge in [0.05, 0.1) is 11.5 Å². The molecule has 1 rings (SSSR count). The van der Waals surface area contributed by atoms with Gasteiger partial charge in [0.15, 0.2) is 0 Å².